The average molecular weight is 162 g/mol. The van der Waals surface area contributed by atoms with Crippen molar-refractivity contribution in [2.24, 2.45) is 12.8 Å². The minimum Gasteiger partial charge on any atom is -0.325 e. The maximum atomic E-state index is 12.8. The van der Waals surface area contributed by atoms with E-state index in [2.05, 4.69) is 10.3 Å². The number of alkyl halides is 2. The molecule has 62 valence electrons. The Bertz CT molecular complexity index is 244. The summed E-state index contributed by atoms with van der Waals surface area (Å²) in [6, 6.07) is 0. The predicted molar refractivity (Wildman–Crippen MR) is 34.0 cm³/mol. The number of nitrogens with zero attached hydrogens (tertiary/aromatic N) is 3. The lowest BCUT2D eigenvalue weighted by Gasteiger charge is -2.11. The lowest BCUT2D eigenvalue weighted by Crippen LogP contribution is -2.27. The molecule has 0 aliphatic heterocycles. The average Bonchev–Trinajstić information content (AvgIpc) is 2.36. The third-order valence-electron chi connectivity index (χ3n) is 1.35. The quantitative estimate of drug-likeness (QED) is 0.658. The van der Waals surface area contributed by atoms with E-state index in [0.717, 1.165) is 10.9 Å². The first kappa shape index (κ1) is 8.06. The topological polar surface area (TPSA) is 56.7 Å². The molecule has 0 bridgehead atoms. The maximum absolute atomic E-state index is 12.8. The van der Waals surface area contributed by atoms with Crippen LogP contribution in [0.4, 0.5) is 8.78 Å². The Balaban J connectivity index is 3.00. The van der Waals surface area contributed by atoms with E-state index in [-0.39, 0.29) is 5.69 Å². The zero-order chi connectivity index (χ0) is 8.48. The number of hydrogen-bond acceptors (Lipinski definition) is 3. The van der Waals surface area contributed by atoms with E-state index < -0.39 is 12.5 Å². The van der Waals surface area contributed by atoms with Crippen molar-refractivity contribution < 1.29 is 8.78 Å². The van der Waals surface area contributed by atoms with Crippen LogP contribution in [-0.4, -0.2) is 21.5 Å². The van der Waals surface area contributed by atoms with Crippen molar-refractivity contribution in [3.8, 4) is 0 Å². The number of hydrogen-bond donors (Lipinski definition) is 1. The summed E-state index contributed by atoms with van der Waals surface area (Å²) in [4.78, 5) is 0. The first-order valence-corrected chi connectivity index (χ1v) is 3.01. The molecule has 0 fully saturated rings. The summed E-state index contributed by atoms with van der Waals surface area (Å²) in [5.41, 5.74) is 4.58. The zero-order valence-corrected chi connectivity index (χ0v) is 5.96. The molecular formula is C5H8F2N4. The molecule has 1 aromatic heterocycles. The molecule has 0 aliphatic carbocycles. The van der Waals surface area contributed by atoms with Crippen molar-refractivity contribution in [3.05, 3.63) is 11.9 Å². The molecule has 0 radical (unpaired) electrons. The van der Waals surface area contributed by atoms with Gasteiger partial charge in [-0.15, -0.1) is 5.10 Å². The molecule has 0 saturated heterocycles. The minimum atomic E-state index is -3.03. The molecule has 6 heteroatoms. The third kappa shape index (κ3) is 1.35. The minimum absolute atomic E-state index is 0.264. The molecule has 0 aromatic carbocycles. The summed E-state index contributed by atoms with van der Waals surface area (Å²) in [6.45, 7) is -0.728. The second-order valence-electron chi connectivity index (χ2n) is 2.15. The second kappa shape index (κ2) is 2.54. The second-order valence-corrected chi connectivity index (χ2v) is 2.15. The first-order chi connectivity index (χ1) is 5.08. The van der Waals surface area contributed by atoms with Gasteiger partial charge >= 0.3 is 5.92 Å². The third-order valence-corrected chi connectivity index (χ3v) is 1.35. The molecular weight excluding hydrogens is 154 g/mol. The van der Waals surface area contributed by atoms with Crippen molar-refractivity contribution in [3.63, 3.8) is 0 Å². The van der Waals surface area contributed by atoms with Crippen molar-refractivity contribution in [1.82, 2.24) is 15.0 Å². The van der Waals surface area contributed by atoms with E-state index in [0.29, 0.717) is 0 Å². The normalized spacial score (nSPS) is 12.0. The van der Waals surface area contributed by atoms with Gasteiger partial charge < -0.3 is 5.73 Å². The van der Waals surface area contributed by atoms with Gasteiger partial charge in [-0.25, -0.2) is 4.68 Å². The van der Waals surface area contributed by atoms with Crippen molar-refractivity contribution in [1.29, 1.82) is 0 Å². The van der Waals surface area contributed by atoms with Crippen LogP contribution in [0.5, 0.6) is 0 Å². The number of nitrogens with two attached hydrogens (primary N) is 1. The van der Waals surface area contributed by atoms with Crippen LogP contribution >= 0.6 is 0 Å². The fourth-order valence-electron chi connectivity index (χ4n) is 0.725. The largest absolute Gasteiger partial charge is 0.325 e. The lowest BCUT2D eigenvalue weighted by molar-refractivity contribution is -0.00239. The van der Waals surface area contributed by atoms with Gasteiger partial charge in [-0.2, -0.15) is 8.78 Å². The van der Waals surface area contributed by atoms with Crippen molar-refractivity contribution >= 4 is 0 Å². The van der Waals surface area contributed by atoms with Crippen LogP contribution in [0, 0.1) is 0 Å². The van der Waals surface area contributed by atoms with E-state index in [1.165, 1.54) is 7.05 Å². The van der Waals surface area contributed by atoms with Crippen molar-refractivity contribution in [2.75, 3.05) is 6.54 Å². The van der Waals surface area contributed by atoms with Gasteiger partial charge in [-0.05, 0) is 0 Å². The van der Waals surface area contributed by atoms with E-state index in [9.17, 15) is 8.78 Å². The molecule has 1 heterocycles. The van der Waals surface area contributed by atoms with Crippen LogP contribution in [0.1, 0.15) is 5.69 Å². The predicted octanol–water partition coefficient (Wildman–Crippen LogP) is -0.134. The maximum Gasteiger partial charge on any atom is 0.302 e. The van der Waals surface area contributed by atoms with Crippen LogP contribution in [0.2, 0.25) is 0 Å². The van der Waals surface area contributed by atoms with Crippen LogP contribution in [-0.2, 0) is 13.0 Å². The van der Waals surface area contributed by atoms with Gasteiger partial charge in [0.25, 0.3) is 0 Å². The van der Waals surface area contributed by atoms with Gasteiger partial charge in [0.15, 0.2) is 0 Å². The molecule has 4 nitrogen and oxygen atoms in total. The molecule has 0 aliphatic rings. The molecule has 11 heavy (non-hydrogen) atoms. The Morgan fingerprint density at radius 1 is 1.73 bits per heavy atom. The van der Waals surface area contributed by atoms with Gasteiger partial charge in [-0.1, -0.05) is 5.21 Å². The smallest absolute Gasteiger partial charge is 0.302 e. The number of halogens is 2. The molecule has 0 saturated carbocycles. The van der Waals surface area contributed by atoms with Crippen LogP contribution < -0.4 is 5.73 Å². The highest BCUT2D eigenvalue weighted by Crippen LogP contribution is 2.24. The van der Waals surface area contributed by atoms with Gasteiger partial charge in [0.1, 0.15) is 5.69 Å². The van der Waals surface area contributed by atoms with E-state index >= 15 is 0 Å². The van der Waals surface area contributed by atoms with Gasteiger partial charge in [0, 0.05) is 7.05 Å². The zero-order valence-electron chi connectivity index (χ0n) is 5.96. The standard InChI is InChI=1S/C5H8F2N4/c1-11-4(2-9-10-11)5(6,7)3-8/h2H,3,8H2,1H3. The highest BCUT2D eigenvalue weighted by atomic mass is 19.3. The van der Waals surface area contributed by atoms with Crippen LogP contribution in [0.25, 0.3) is 0 Å². The number of rotatable bonds is 2. The summed E-state index contributed by atoms with van der Waals surface area (Å²) in [7, 11) is 1.39. The van der Waals surface area contributed by atoms with E-state index in [1.54, 1.807) is 0 Å². The Morgan fingerprint density at radius 3 is 2.73 bits per heavy atom. The molecule has 1 rings (SSSR count). The van der Waals surface area contributed by atoms with Crippen molar-refractivity contribution in [2.45, 2.75) is 5.92 Å². The Hall–Kier alpha value is -1.04. The summed E-state index contributed by atoms with van der Waals surface area (Å²) in [5, 5.41) is 6.68. The fourth-order valence-corrected chi connectivity index (χ4v) is 0.725. The first-order valence-electron chi connectivity index (χ1n) is 3.01. The number of aromatic nitrogens is 3. The number of aryl methyl sites for hydroxylation is 1. The van der Waals surface area contributed by atoms with E-state index in [4.69, 9.17) is 5.73 Å². The SMILES string of the molecule is Cn1nncc1C(F)(F)CN. The lowest BCUT2D eigenvalue weighted by atomic mass is 10.2. The molecule has 0 atom stereocenters. The fraction of sp³-hybridized carbons (Fsp3) is 0.600. The summed E-state index contributed by atoms with van der Waals surface area (Å²) in [5.74, 6) is -3.03. The van der Waals surface area contributed by atoms with Gasteiger partial charge in [0.2, 0.25) is 0 Å². The summed E-state index contributed by atoms with van der Waals surface area (Å²) >= 11 is 0. The molecule has 0 amide bonds. The molecule has 1 aromatic rings. The summed E-state index contributed by atoms with van der Waals surface area (Å²) < 4.78 is 26.5. The highest BCUT2D eigenvalue weighted by Gasteiger charge is 2.33. The Morgan fingerprint density at radius 2 is 2.36 bits per heavy atom. The summed E-state index contributed by atoms with van der Waals surface area (Å²) in [6.07, 6.45) is 1.01. The Kier molecular flexibility index (Phi) is 1.86. The van der Waals surface area contributed by atoms with E-state index in [1.807, 2.05) is 0 Å². The molecule has 0 spiro atoms. The molecule has 2 N–H and O–H groups in total. The van der Waals surface area contributed by atoms with Gasteiger partial charge in [-0.3, -0.25) is 0 Å². The highest BCUT2D eigenvalue weighted by molar-refractivity contribution is 5.03. The van der Waals surface area contributed by atoms with Crippen LogP contribution in [0.15, 0.2) is 6.20 Å². The van der Waals surface area contributed by atoms with Gasteiger partial charge in [0.05, 0.1) is 12.7 Å². The monoisotopic (exact) mass is 162 g/mol. The Labute approximate surface area is 62.0 Å². The molecule has 0 unspecified atom stereocenters. The van der Waals surface area contributed by atoms with Crippen LogP contribution in [0.3, 0.4) is 0 Å².